The molecular formula is C18H18ClN4O3S+. The molecule has 0 saturated carbocycles. The van der Waals surface area contributed by atoms with Crippen LogP contribution in [0, 0.1) is 10.1 Å². The predicted octanol–water partition coefficient (Wildman–Crippen LogP) is 3.07. The van der Waals surface area contributed by atoms with Crippen molar-refractivity contribution in [2.75, 3.05) is 18.9 Å². The number of carbonyl (C=O) groups is 1. The fourth-order valence-electron chi connectivity index (χ4n) is 2.65. The molecule has 3 aromatic rings. The van der Waals surface area contributed by atoms with Gasteiger partial charge in [-0.2, -0.15) is 0 Å². The van der Waals surface area contributed by atoms with E-state index in [-0.39, 0.29) is 29.9 Å². The van der Waals surface area contributed by atoms with Crippen LogP contribution in [0.1, 0.15) is 18.0 Å². The number of nitrogens with one attached hydrogen (secondary N) is 2. The Bertz CT molecular complexity index is 974. The smallest absolute Gasteiger partial charge is 0.292 e. The Labute approximate surface area is 164 Å². The number of nitro groups is 1. The van der Waals surface area contributed by atoms with Gasteiger partial charge in [-0.1, -0.05) is 23.7 Å². The van der Waals surface area contributed by atoms with Crippen LogP contribution < -0.4 is 10.2 Å². The summed E-state index contributed by atoms with van der Waals surface area (Å²) in [5, 5.41) is 15.0. The zero-order chi connectivity index (χ0) is 19.6. The Hall–Kier alpha value is -2.55. The molecule has 0 fully saturated rings. The van der Waals surface area contributed by atoms with Crippen LogP contribution in [0.5, 0.6) is 0 Å². The number of nitrogens with zero attached hydrogens (tertiary/aromatic N) is 2. The molecule has 9 heteroatoms. The molecule has 1 amide bonds. The number of hydrogen-bond acceptors (Lipinski definition) is 5. The van der Waals surface area contributed by atoms with Crippen LogP contribution in [0.4, 0.5) is 11.4 Å². The van der Waals surface area contributed by atoms with Crippen molar-refractivity contribution in [2.24, 2.45) is 0 Å². The lowest BCUT2D eigenvalue weighted by Crippen LogP contribution is -3.10. The van der Waals surface area contributed by atoms with Crippen molar-refractivity contribution < 1.29 is 14.6 Å². The fourth-order valence-corrected chi connectivity index (χ4v) is 3.94. The van der Waals surface area contributed by atoms with Crippen molar-refractivity contribution in [3.8, 4) is 0 Å². The zero-order valence-electron chi connectivity index (χ0n) is 14.7. The van der Waals surface area contributed by atoms with E-state index in [1.165, 1.54) is 18.2 Å². The van der Waals surface area contributed by atoms with Crippen LogP contribution in [0.2, 0.25) is 5.02 Å². The zero-order valence-corrected chi connectivity index (χ0v) is 16.3. The standard InChI is InChI=1S/C18H17ClN4O3S/c1-11(18-21-13-5-3-4-6-16(13)27-18)22(2)10-17(24)20-14-9-12(19)7-8-15(14)23(25)26/h3-9,11H,10H2,1-2H3,(H,20,24)/p+1/t11-/m0/s1. The summed E-state index contributed by atoms with van der Waals surface area (Å²) in [5.41, 5.74) is 0.846. The van der Waals surface area contributed by atoms with Gasteiger partial charge in [0.15, 0.2) is 11.6 Å². The predicted molar refractivity (Wildman–Crippen MR) is 107 cm³/mol. The van der Waals surface area contributed by atoms with Gasteiger partial charge in [-0.05, 0) is 31.2 Å². The first-order chi connectivity index (χ1) is 12.8. The number of hydrogen-bond donors (Lipinski definition) is 2. The van der Waals surface area contributed by atoms with Crippen molar-refractivity contribution in [2.45, 2.75) is 13.0 Å². The van der Waals surface area contributed by atoms with Crippen LogP contribution in [-0.2, 0) is 4.79 Å². The second-order valence-electron chi connectivity index (χ2n) is 6.23. The lowest BCUT2D eigenvalue weighted by Gasteiger charge is -2.19. The number of quaternary nitrogens is 1. The molecular weight excluding hydrogens is 388 g/mol. The average Bonchev–Trinajstić information content (AvgIpc) is 3.04. The minimum Gasteiger partial charge on any atom is -0.322 e. The van der Waals surface area contributed by atoms with Gasteiger partial charge in [0, 0.05) is 11.1 Å². The third kappa shape index (κ3) is 4.41. The number of halogens is 1. The third-order valence-corrected chi connectivity index (χ3v) is 5.74. The topological polar surface area (TPSA) is 89.6 Å². The molecule has 1 unspecified atom stereocenters. The number of fused-ring (bicyclic) bond motifs is 1. The summed E-state index contributed by atoms with van der Waals surface area (Å²) < 4.78 is 1.10. The molecule has 140 valence electrons. The van der Waals surface area contributed by atoms with E-state index in [2.05, 4.69) is 10.3 Å². The van der Waals surface area contributed by atoms with Crippen molar-refractivity contribution in [3.05, 3.63) is 62.6 Å². The van der Waals surface area contributed by atoms with E-state index < -0.39 is 4.92 Å². The largest absolute Gasteiger partial charge is 0.322 e. The van der Waals surface area contributed by atoms with Gasteiger partial charge in [0.1, 0.15) is 11.7 Å². The minimum atomic E-state index is -0.549. The van der Waals surface area contributed by atoms with Gasteiger partial charge in [-0.3, -0.25) is 14.9 Å². The fraction of sp³-hybridized carbons (Fsp3) is 0.222. The van der Waals surface area contributed by atoms with Crippen LogP contribution in [0.25, 0.3) is 10.2 Å². The van der Waals surface area contributed by atoms with Crippen LogP contribution in [0.15, 0.2) is 42.5 Å². The van der Waals surface area contributed by atoms with Gasteiger partial charge in [0.05, 0.1) is 22.2 Å². The molecule has 27 heavy (non-hydrogen) atoms. The molecule has 1 aromatic heterocycles. The minimum absolute atomic E-state index is 0.00231. The highest BCUT2D eigenvalue weighted by Gasteiger charge is 2.23. The Kier molecular flexibility index (Phi) is 5.69. The Morgan fingerprint density at radius 3 is 2.81 bits per heavy atom. The molecule has 0 bridgehead atoms. The van der Waals surface area contributed by atoms with Crippen molar-refractivity contribution in [1.29, 1.82) is 0 Å². The van der Waals surface area contributed by atoms with Crippen molar-refractivity contribution in [3.63, 3.8) is 0 Å². The summed E-state index contributed by atoms with van der Waals surface area (Å²) in [6, 6.07) is 12.0. The van der Waals surface area contributed by atoms with Gasteiger partial charge in [0.25, 0.3) is 11.6 Å². The molecule has 2 aromatic carbocycles. The first-order valence-electron chi connectivity index (χ1n) is 8.26. The Morgan fingerprint density at radius 2 is 2.11 bits per heavy atom. The molecule has 2 atom stereocenters. The number of benzene rings is 2. The third-order valence-electron chi connectivity index (χ3n) is 4.29. The molecule has 0 saturated heterocycles. The normalized spacial score (nSPS) is 13.3. The van der Waals surface area contributed by atoms with Crippen LogP contribution in [0.3, 0.4) is 0 Å². The maximum absolute atomic E-state index is 12.4. The van der Waals surface area contributed by atoms with E-state index in [9.17, 15) is 14.9 Å². The first kappa shape index (κ1) is 19.2. The lowest BCUT2D eigenvalue weighted by molar-refractivity contribution is -0.902. The van der Waals surface area contributed by atoms with Gasteiger partial charge < -0.3 is 10.2 Å². The van der Waals surface area contributed by atoms with E-state index in [1.807, 2.05) is 38.2 Å². The number of carbonyl (C=O) groups excluding carboxylic acids is 1. The Morgan fingerprint density at radius 1 is 1.37 bits per heavy atom. The number of rotatable bonds is 6. The second kappa shape index (κ2) is 7.99. The molecule has 1 heterocycles. The summed E-state index contributed by atoms with van der Waals surface area (Å²) in [7, 11) is 1.89. The van der Waals surface area contributed by atoms with Gasteiger partial charge in [-0.25, -0.2) is 4.98 Å². The monoisotopic (exact) mass is 405 g/mol. The molecule has 2 N–H and O–H groups in total. The van der Waals surface area contributed by atoms with E-state index in [4.69, 9.17) is 11.6 Å². The number of thiazole rings is 1. The van der Waals surface area contributed by atoms with Crippen molar-refractivity contribution in [1.82, 2.24) is 4.98 Å². The highest BCUT2D eigenvalue weighted by atomic mass is 35.5. The lowest BCUT2D eigenvalue weighted by atomic mass is 10.2. The first-order valence-corrected chi connectivity index (χ1v) is 9.46. The van der Waals surface area contributed by atoms with E-state index in [0.29, 0.717) is 5.02 Å². The highest BCUT2D eigenvalue weighted by molar-refractivity contribution is 7.18. The molecule has 0 aliphatic carbocycles. The number of anilines is 1. The summed E-state index contributed by atoms with van der Waals surface area (Å²) in [6.45, 7) is 2.14. The summed E-state index contributed by atoms with van der Waals surface area (Å²) in [6.07, 6.45) is 0. The SMILES string of the molecule is C[C@@H](c1nc2ccccc2s1)[NH+](C)CC(=O)Nc1cc(Cl)ccc1[N+](=O)[O-]. The molecule has 0 spiro atoms. The molecule has 7 nitrogen and oxygen atoms in total. The van der Waals surface area contributed by atoms with Gasteiger partial charge in [-0.15, -0.1) is 11.3 Å². The van der Waals surface area contributed by atoms with E-state index >= 15 is 0 Å². The molecule has 3 rings (SSSR count). The summed E-state index contributed by atoms with van der Waals surface area (Å²) >= 11 is 7.50. The van der Waals surface area contributed by atoms with Crippen molar-refractivity contribution >= 4 is 50.4 Å². The molecule has 0 aliphatic heterocycles. The van der Waals surface area contributed by atoms with E-state index in [1.54, 1.807) is 11.3 Å². The number of aromatic nitrogens is 1. The summed E-state index contributed by atoms with van der Waals surface area (Å²) in [5.74, 6) is -0.328. The van der Waals surface area contributed by atoms with Gasteiger partial charge in [0.2, 0.25) is 0 Å². The van der Waals surface area contributed by atoms with E-state index in [0.717, 1.165) is 20.1 Å². The maximum Gasteiger partial charge on any atom is 0.292 e. The second-order valence-corrected chi connectivity index (χ2v) is 7.73. The number of nitro benzene ring substituents is 1. The van der Waals surface area contributed by atoms with Crippen LogP contribution in [-0.4, -0.2) is 29.4 Å². The summed E-state index contributed by atoms with van der Waals surface area (Å²) in [4.78, 5) is 28.5. The molecule has 0 aliphatic rings. The van der Waals surface area contributed by atoms with Gasteiger partial charge >= 0.3 is 0 Å². The Balaban J connectivity index is 1.70. The number of amides is 1. The number of likely N-dealkylation sites (N-methyl/N-ethyl adjacent to an activating group) is 1. The van der Waals surface area contributed by atoms with Crippen LogP contribution >= 0.6 is 22.9 Å². The highest BCUT2D eigenvalue weighted by Crippen LogP contribution is 2.27. The quantitative estimate of drug-likeness (QED) is 0.487. The maximum atomic E-state index is 12.4. The average molecular weight is 406 g/mol. The molecule has 0 radical (unpaired) electrons. The number of para-hydroxylation sites is 1.